The lowest BCUT2D eigenvalue weighted by Gasteiger charge is -2.20. The summed E-state index contributed by atoms with van der Waals surface area (Å²) < 4.78 is 40.9. The molecule has 0 aromatic heterocycles. The van der Waals surface area contributed by atoms with Gasteiger partial charge in [-0.2, -0.15) is 0 Å². The van der Waals surface area contributed by atoms with Crippen LogP contribution in [0.4, 0.5) is 13.2 Å². The number of hydrogen-bond acceptors (Lipinski definition) is 1. The summed E-state index contributed by atoms with van der Waals surface area (Å²) in [5.41, 5.74) is 0.617. The van der Waals surface area contributed by atoms with Gasteiger partial charge in [-0.1, -0.05) is 30.7 Å². The van der Waals surface area contributed by atoms with Gasteiger partial charge in [0.25, 0.3) is 0 Å². The summed E-state index contributed by atoms with van der Waals surface area (Å²) in [6, 6.07) is 7.10. The zero-order valence-electron chi connectivity index (χ0n) is 10.8. The summed E-state index contributed by atoms with van der Waals surface area (Å²) in [6.45, 7) is 2.35. The van der Waals surface area contributed by atoms with E-state index in [4.69, 9.17) is 11.6 Å². The van der Waals surface area contributed by atoms with Gasteiger partial charge >= 0.3 is 0 Å². The molecule has 0 saturated heterocycles. The van der Waals surface area contributed by atoms with Crippen molar-refractivity contribution in [2.75, 3.05) is 6.54 Å². The molecule has 0 spiro atoms. The first-order chi connectivity index (χ1) is 9.52. The molecule has 0 radical (unpaired) electrons. The maximum atomic E-state index is 14.0. The summed E-state index contributed by atoms with van der Waals surface area (Å²) in [7, 11) is 0. The van der Waals surface area contributed by atoms with Gasteiger partial charge < -0.3 is 5.32 Å². The zero-order valence-corrected chi connectivity index (χ0v) is 11.5. The Morgan fingerprint density at radius 2 is 1.85 bits per heavy atom. The Morgan fingerprint density at radius 1 is 1.10 bits per heavy atom. The van der Waals surface area contributed by atoms with Crippen molar-refractivity contribution in [1.29, 1.82) is 0 Å². The molecule has 1 unspecified atom stereocenters. The summed E-state index contributed by atoms with van der Waals surface area (Å²) >= 11 is 5.54. The Hall–Kier alpha value is -1.52. The molecule has 0 aliphatic heterocycles. The molecule has 0 bridgehead atoms. The van der Waals surface area contributed by atoms with Crippen LogP contribution in [0.25, 0.3) is 0 Å². The average Bonchev–Trinajstić information content (AvgIpc) is 2.40. The molecule has 0 heterocycles. The molecule has 1 atom stereocenters. The molecule has 0 amide bonds. The molecule has 5 heteroatoms. The fourth-order valence-corrected chi connectivity index (χ4v) is 2.21. The van der Waals surface area contributed by atoms with Crippen molar-refractivity contribution in [1.82, 2.24) is 5.32 Å². The normalized spacial score (nSPS) is 12.4. The maximum absolute atomic E-state index is 14.0. The minimum Gasteiger partial charge on any atom is -0.306 e. The largest absolute Gasteiger partial charge is 0.306 e. The molecule has 0 fully saturated rings. The second-order valence-corrected chi connectivity index (χ2v) is 4.74. The quantitative estimate of drug-likeness (QED) is 0.822. The van der Waals surface area contributed by atoms with E-state index in [1.807, 2.05) is 6.92 Å². The van der Waals surface area contributed by atoms with E-state index in [0.29, 0.717) is 12.1 Å². The Balaban J connectivity index is 2.51. The van der Waals surface area contributed by atoms with Crippen LogP contribution < -0.4 is 5.32 Å². The van der Waals surface area contributed by atoms with Gasteiger partial charge in [0, 0.05) is 5.56 Å². The molecule has 0 saturated carbocycles. The predicted molar refractivity (Wildman–Crippen MR) is 73.3 cm³/mol. The van der Waals surface area contributed by atoms with Crippen LogP contribution in [0, 0.1) is 17.5 Å². The van der Waals surface area contributed by atoms with Gasteiger partial charge in [-0.25, -0.2) is 13.2 Å². The monoisotopic (exact) mass is 299 g/mol. The highest BCUT2D eigenvalue weighted by Gasteiger charge is 2.19. The lowest BCUT2D eigenvalue weighted by atomic mass is 9.98. The molecule has 106 valence electrons. The Labute approximate surface area is 120 Å². The number of nitrogens with one attached hydrogen (secondary N) is 1. The molecular formula is C15H13ClF3N. The van der Waals surface area contributed by atoms with Gasteiger partial charge in [0.1, 0.15) is 17.5 Å². The van der Waals surface area contributed by atoms with Crippen molar-refractivity contribution in [2.24, 2.45) is 0 Å². The Bertz CT molecular complexity index is 616. The number of hydrogen-bond donors (Lipinski definition) is 1. The lowest BCUT2D eigenvalue weighted by molar-refractivity contribution is 0.542. The standard InChI is InChI=1S/C15H13ClF3N/c1-2-20-15(9-4-3-5-10(17)6-9)11-7-14(19)12(16)8-13(11)18/h3-8,15,20H,2H2,1H3. The minimum absolute atomic E-state index is 0.0966. The topological polar surface area (TPSA) is 12.0 Å². The van der Waals surface area contributed by atoms with E-state index in [-0.39, 0.29) is 10.6 Å². The van der Waals surface area contributed by atoms with E-state index >= 15 is 0 Å². The molecule has 0 aliphatic carbocycles. The van der Waals surface area contributed by atoms with Gasteiger partial charge in [0.15, 0.2) is 0 Å². The van der Waals surface area contributed by atoms with Crippen LogP contribution in [0.1, 0.15) is 24.1 Å². The highest BCUT2D eigenvalue weighted by Crippen LogP contribution is 2.28. The van der Waals surface area contributed by atoms with Crippen molar-refractivity contribution >= 4 is 11.6 Å². The third-order valence-electron chi connectivity index (χ3n) is 2.94. The molecule has 1 nitrogen and oxygen atoms in total. The van der Waals surface area contributed by atoms with Crippen LogP contribution in [0.5, 0.6) is 0 Å². The number of rotatable bonds is 4. The zero-order chi connectivity index (χ0) is 14.7. The Morgan fingerprint density at radius 3 is 2.50 bits per heavy atom. The lowest BCUT2D eigenvalue weighted by Crippen LogP contribution is -2.23. The van der Waals surface area contributed by atoms with Crippen molar-refractivity contribution in [3.05, 3.63) is 70.0 Å². The predicted octanol–water partition coefficient (Wildman–Crippen LogP) is 4.46. The second kappa shape index (κ2) is 6.29. The van der Waals surface area contributed by atoms with Gasteiger partial charge in [0.05, 0.1) is 11.1 Å². The maximum Gasteiger partial charge on any atom is 0.142 e. The molecule has 0 aliphatic rings. The summed E-state index contributed by atoms with van der Waals surface area (Å²) in [4.78, 5) is 0. The van der Waals surface area contributed by atoms with Crippen LogP contribution in [-0.2, 0) is 0 Å². The van der Waals surface area contributed by atoms with E-state index < -0.39 is 23.5 Å². The van der Waals surface area contributed by atoms with E-state index in [2.05, 4.69) is 5.32 Å². The van der Waals surface area contributed by atoms with Crippen molar-refractivity contribution in [3.63, 3.8) is 0 Å². The summed E-state index contributed by atoms with van der Waals surface area (Å²) in [5.74, 6) is -1.77. The van der Waals surface area contributed by atoms with Gasteiger partial charge in [0.2, 0.25) is 0 Å². The first kappa shape index (κ1) is 14.9. The van der Waals surface area contributed by atoms with Gasteiger partial charge in [-0.3, -0.25) is 0 Å². The smallest absolute Gasteiger partial charge is 0.142 e. The van der Waals surface area contributed by atoms with Crippen LogP contribution >= 0.6 is 11.6 Å². The summed E-state index contributed by atoms with van der Waals surface area (Å²) in [5, 5.41) is 2.74. The van der Waals surface area contributed by atoms with Crippen LogP contribution in [0.2, 0.25) is 5.02 Å². The molecular weight excluding hydrogens is 287 g/mol. The highest BCUT2D eigenvalue weighted by atomic mass is 35.5. The van der Waals surface area contributed by atoms with Crippen molar-refractivity contribution < 1.29 is 13.2 Å². The van der Waals surface area contributed by atoms with Crippen molar-refractivity contribution in [3.8, 4) is 0 Å². The van der Waals surface area contributed by atoms with Crippen LogP contribution in [0.15, 0.2) is 36.4 Å². The number of benzene rings is 2. The average molecular weight is 300 g/mol. The van der Waals surface area contributed by atoms with Gasteiger partial charge in [-0.05, 0) is 36.4 Å². The number of halogens is 4. The van der Waals surface area contributed by atoms with Gasteiger partial charge in [-0.15, -0.1) is 0 Å². The van der Waals surface area contributed by atoms with Crippen molar-refractivity contribution in [2.45, 2.75) is 13.0 Å². The molecule has 2 rings (SSSR count). The fraction of sp³-hybridized carbons (Fsp3) is 0.200. The van der Waals surface area contributed by atoms with E-state index in [1.165, 1.54) is 18.2 Å². The molecule has 2 aromatic rings. The van der Waals surface area contributed by atoms with E-state index in [1.54, 1.807) is 6.07 Å². The highest BCUT2D eigenvalue weighted by molar-refractivity contribution is 6.30. The first-order valence-corrected chi connectivity index (χ1v) is 6.54. The van der Waals surface area contributed by atoms with Crippen LogP contribution in [-0.4, -0.2) is 6.54 Å². The molecule has 20 heavy (non-hydrogen) atoms. The second-order valence-electron chi connectivity index (χ2n) is 4.33. The minimum atomic E-state index is -0.706. The summed E-state index contributed by atoms with van der Waals surface area (Å²) in [6.07, 6.45) is 0. The molecule has 1 N–H and O–H groups in total. The van der Waals surface area contributed by atoms with E-state index in [0.717, 1.165) is 12.1 Å². The SMILES string of the molecule is CCNC(c1cccc(F)c1)c1cc(F)c(Cl)cc1F. The Kier molecular flexibility index (Phi) is 4.68. The van der Waals surface area contributed by atoms with E-state index in [9.17, 15) is 13.2 Å². The first-order valence-electron chi connectivity index (χ1n) is 6.16. The third kappa shape index (κ3) is 3.14. The third-order valence-corrected chi connectivity index (χ3v) is 3.23. The fourth-order valence-electron chi connectivity index (χ4n) is 2.06. The molecule has 2 aromatic carbocycles. The van der Waals surface area contributed by atoms with Crippen LogP contribution in [0.3, 0.4) is 0 Å².